The molecule has 0 saturated heterocycles. The molecule has 1 aromatic rings. The molecule has 1 aliphatic rings. The zero-order valence-electron chi connectivity index (χ0n) is 24.7. The van der Waals surface area contributed by atoms with Gasteiger partial charge in [0.1, 0.15) is 11.5 Å². The third-order valence-electron chi connectivity index (χ3n) is 5.54. The van der Waals surface area contributed by atoms with Crippen LogP contribution < -0.4 is 4.74 Å². The van der Waals surface area contributed by atoms with Crippen molar-refractivity contribution >= 4 is 23.6 Å². The van der Waals surface area contributed by atoms with Gasteiger partial charge in [-0.1, -0.05) is 55.8 Å². The van der Waals surface area contributed by atoms with E-state index >= 15 is 0 Å². The Kier molecular flexibility index (Phi) is 18.0. The Morgan fingerprint density at radius 1 is 1.23 bits per heavy atom. The van der Waals surface area contributed by atoms with Crippen LogP contribution in [-0.2, 0) is 14.3 Å². The average molecular weight is 556 g/mol. The van der Waals surface area contributed by atoms with E-state index in [0.29, 0.717) is 18.9 Å². The Morgan fingerprint density at radius 3 is 2.41 bits per heavy atom. The van der Waals surface area contributed by atoms with E-state index in [-0.39, 0.29) is 11.7 Å². The third-order valence-corrected chi connectivity index (χ3v) is 6.40. The molecule has 0 aromatic heterocycles. The second-order valence-corrected chi connectivity index (χ2v) is 9.59. The standard InChI is InChI=1S/C28H37NO5S.C2H6.C2H2/c1-7-11-25(35-6)26-29-19-23(22(4)33-26)16-17-32-21(3)15-14-20(2)18-28(5,27(30)31)34-24-12-9-8-10-13-24;2*1-2/h7-15,25H,16-19H2,1-6H3,(H,30,31);1-2H3;1-2H/b11-7?,20-14+,21-15+;;. The van der Waals surface area contributed by atoms with Gasteiger partial charge in [0.15, 0.2) is 0 Å². The number of rotatable bonds is 13. The van der Waals surface area contributed by atoms with Crippen molar-refractivity contribution in [1.82, 2.24) is 0 Å². The van der Waals surface area contributed by atoms with Crippen molar-refractivity contribution in [3.05, 3.63) is 77.3 Å². The number of hydrogen-bond donors (Lipinski definition) is 1. The largest absolute Gasteiger partial charge is 0.498 e. The summed E-state index contributed by atoms with van der Waals surface area (Å²) in [6, 6.07) is 9.00. The number of benzene rings is 1. The number of aliphatic carboxylic acids is 1. The molecule has 0 fully saturated rings. The van der Waals surface area contributed by atoms with Crippen molar-refractivity contribution < 1.29 is 24.1 Å². The molecule has 0 saturated carbocycles. The molecule has 0 amide bonds. The van der Waals surface area contributed by atoms with Crippen LogP contribution in [0.1, 0.15) is 61.3 Å². The van der Waals surface area contributed by atoms with Gasteiger partial charge < -0.3 is 19.3 Å². The van der Waals surface area contributed by atoms with E-state index in [4.69, 9.17) is 14.2 Å². The first kappa shape index (κ1) is 35.6. The van der Waals surface area contributed by atoms with Crippen molar-refractivity contribution in [1.29, 1.82) is 0 Å². The number of thioether (sulfide) groups is 1. The molecule has 0 aliphatic carbocycles. The monoisotopic (exact) mass is 555 g/mol. The van der Waals surface area contributed by atoms with Gasteiger partial charge in [-0.3, -0.25) is 0 Å². The minimum Gasteiger partial charge on any atom is -0.498 e. The Hall–Kier alpha value is -3.37. The molecule has 2 rings (SSSR count). The molecule has 1 N–H and O–H groups in total. The predicted molar refractivity (Wildman–Crippen MR) is 165 cm³/mol. The Labute approximate surface area is 239 Å². The number of nitrogens with zero attached hydrogens (tertiary/aromatic N) is 1. The highest BCUT2D eigenvalue weighted by Crippen LogP contribution is 2.25. The number of carbonyl (C=O) groups is 1. The van der Waals surface area contributed by atoms with Gasteiger partial charge in [-0.25, -0.2) is 9.79 Å². The first-order valence-corrected chi connectivity index (χ1v) is 14.3. The lowest BCUT2D eigenvalue weighted by molar-refractivity contribution is -0.153. The van der Waals surface area contributed by atoms with Crippen molar-refractivity contribution in [2.24, 2.45) is 4.99 Å². The molecule has 1 heterocycles. The van der Waals surface area contributed by atoms with Crippen molar-refractivity contribution in [2.75, 3.05) is 19.4 Å². The second-order valence-electron chi connectivity index (χ2n) is 8.62. The van der Waals surface area contributed by atoms with E-state index in [0.717, 1.165) is 35.0 Å². The lowest BCUT2D eigenvalue weighted by atomic mass is 9.96. The highest BCUT2D eigenvalue weighted by Gasteiger charge is 2.35. The summed E-state index contributed by atoms with van der Waals surface area (Å²) in [5, 5.41) is 9.88. The SMILES string of the molecule is C#C.CC.CC=CC(SC)C1=NCC(CCO/C(C)=C/C=C(\C)CC(C)(Oc2ccccc2)C(=O)O)=C(C)O1. The Balaban J connectivity index is 0.00000344. The minimum absolute atomic E-state index is 0.133. The summed E-state index contributed by atoms with van der Waals surface area (Å²) in [6.07, 6.45) is 18.8. The van der Waals surface area contributed by atoms with E-state index < -0.39 is 11.6 Å². The van der Waals surface area contributed by atoms with Gasteiger partial charge in [0.25, 0.3) is 0 Å². The smallest absolute Gasteiger partial charge is 0.348 e. The fourth-order valence-corrected chi connectivity index (χ4v) is 4.16. The fourth-order valence-electron chi connectivity index (χ4n) is 3.52. The number of carboxylic acid groups (broad SMARTS) is 1. The maximum absolute atomic E-state index is 11.9. The van der Waals surface area contributed by atoms with Crippen LogP contribution in [0.15, 0.2) is 82.3 Å². The van der Waals surface area contributed by atoms with Crippen molar-refractivity contribution in [3.63, 3.8) is 0 Å². The van der Waals surface area contributed by atoms with Crippen LogP contribution in [0.4, 0.5) is 0 Å². The van der Waals surface area contributed by atoms with Gasteiger partial charge in [-0.15, -0.1) is 24.6 Å². The number of terminal acetylenes is 1. The molecular weight excluding hydrogens is 510 g/mol. The topological polar surface area (TPSA) is 77.4 Å². The maximum Gasteiger partial charge on any atom is 0.348 e. The third kappa shape index (κ3) is 12.8. The van der Waals surface area contributed by atoms with Crippen LogP contribution in [0, 0.1) is 12.8 Å². The lowest BCUT2D eigenvalue weighted by Gasteiger charge is -2.26. The maximum atomic E-state index is 11.9. The van der Waals surface area contributed by atoms with Crippen molar-refractivity contribution in [2.45, 2.75) is 72.2 Å². The summed E-state index contributed by atoms with van der Waals surface area (Å²) in [5.41, 5.74) is 0.639. The average Bonchev–Trinajstić information content (AvgIpc) is 2.94. The van der Waals surface area contributed by atoms with Crippen LogP contribution in [0.5, 0.6) is 5.75 Å². The molecule has 39 heavy (non-hydrogen) atoms. The molecule has 214 valence electrons. The number of aliphatic imine (C=N–C) groups is 1. The molecule has 6 nitrogen and oxygen atoms in total. The number of ether oxygens (including phenoxy) is 3. The number of carboxylic acids is 1. The molecule has 2 unspecified atom stereocenters. The summed E-state index contributed by atoms with van der Waals surface area (Å²) in [5.74, 6) is 1.91. The second kappa shape index (κ2) is 19.7. The van der Waals surface area contributed by atoms with Crippen LogP contribution in [-0.4, -0.2) is 47.2 Å². The van der Waals surface area contributed by atoms with Crippen LogP contribution >= 0.6 is 11.8 Å². The van der Waals surface area contributed by atoms with Gasteiger partial charge in [-0.2, -0.15) is 0 Å². The van der Waals surface area contributed by atoms with Gasteiger partial charge in [0.05, 0.1) is 24.2 Å². The van der Waals surface area contributed by atoms with Gasteiger partial charge in [-0.05, 0) is 64.7 Å². The molecular formula is C32H45NO5S. The molecule has 0 spiro atoms. The molecule has 0 radical (unpaired) electrons. The van der Waals surface area contributed by atoms with E-state index in [1.165, 1.54) is 0 Å². The summed E-state index contributed by atoms with van der Waals surface area (Å²) in [7, 11) is 0. The Bertz CT molecular complexity index is 1050. The first-order chi connectivity index (χ1) is 18.7. The van der Waals surface area contributed by atoms with Crippen molar-refractivity contribution in [3.8, 4) is 18.6 Å². The lowest BCUT2D eigenvalue weighted by Crippen LogP contribution is -2.41. The van der Waals surface area contributed by atoms with Gasteiger partial charge in [0, 0.05) is 12.8 Å². The molecule has 1 aromatic carbocycles. The quantitative estimate of drug-likeness (QED) is 0.116. The summed E-state index contributed by atoms with van der Waals surface area (Å²) in [4.78, 5) is 16.5. The predicted octanol–water partition coefficient (Wildman–Crippen LogP) is 7.84. The van der Waals surface area contributed by atoms with E-state index in [1.54, 1.807) is 30.8 Å². The Morgan fingerprint density at radius 2 is 1.87 bits per heavy atom. The minimum atomic E-state index is -1.36. The molecule has 2 atom stereocenters. The first-order valence-electron chi connectivity index (χ1n) is 13.0. The summed E-state index contributed by atoms with van der Waals surface area (Å²) in [6.45, 7) is 14.5. The van der Waals surface area contributed by atoms with E-state index in [2.05, 4.69) is 23.9 Å². The van der Waals surface area contributed by atoms with Gasteiger partial charge >= 0.3 is 5.97 Å². The number of allylic oxidation sites excluding steroid dienone is 5. The fraction of sp³-hybridized carbons (Fsp3) is 0.438. The van der Waals surface area contributed by atoms with E-state index in [1.807, 2.05) is 84.2 Å². The van der Waals surface area contributed by atoms with E-state index in [9.17, 15) is 9.90 Å². The van der Waals surface area contributed by atoms with Crippen LogP contribution in [0.3, 0.4) is 0 Å². The molecule has 0 bridgehead atoms. The zero-order valence-corrected chi connectivity index (χ0v) is 25.5. The highest BCUT2D eigenvalue weighted by atomic mass is 32.2. The summed E-state index contributed by atoms with van der Waals surface area (Å²) < 4.78 is 17.6. The normalized spacial score (nSPS) is 15.9. The number of para-hydroxylation sites is 1. The molecule has 7 heteroatoms. The summed E-state index contributed by atoms with van der Waals surface area (Å²) >= 11 is 1.70. The van der Waals surface area contributed by atoms with Crippen LogP contribution in [0.25, 0.3) is 0 Å². The highest BCUT2D eigenvalue weighted by molar-refractivity contribution is 8.00. The van der Waals surface area contributed by atoms with Gasteiger partial charge in [0.2, 0.25) is 11.5 Å². The molecule has 1 aliphatic heterocycles. The van der Waals surface area contributed by atoms with Crippen LogP contribution in [0.2, 0.25) is 0 Å². The zero-order chi connectivity index (χ0) is 29.8. The number of hydrogen-bond acceptors (Lipinski definition) is 6.